The molecule has 0 aliphatic heterocycles. The third-order valence-electron chi connectivity index (χ3n) is 13.3. The zero-order valence-corrected chi connectivity index (χ0v) is 21.8. The maximum atomic E-state index is 12.8. The lowest BCUT2D eigenvalue weighted by atomic mass is 9.32. The molecule has 0 radical (unpaired) electrons. The van der Waals surface area contributed by atoms with Crippen LogP contribution in [0.3, 0.4) is 0 Å². The van der Waals surface area contributed by atoms with Crippen molar-refractivity contribution in [1.29, 1.82) is 0 Å². The molecule has 5 fully saturated rings. The van der Waals surface area contributed by atoms with Gasteiger partial charge in [0.1, 0.15) is 0 Å². The maximum absolute atomic E-state index is 12.8. The monoisotopic (exact) mass is 444 g/mol. The molecule has 5 aliphatic rings. The molecule has 0 aromatic heterocycles. The molecule has 10 atom stereocenters. The quantitative estimate of drug-likeness (QED) is 0.462. The highest BCUT2D eigenvalue weighted by atomic mass is 16.5. The summed E-state index contributed by atoms with van der Waals surface area (Å²) in [5.74, 6) is 2.61. The highest BCUT2D eigenvalue weighted by molar-refractivity contribution is 5.73. The van der Waals surface area contributed by atoms with Crippen LogP contribution in [0.4, 0.5) is 0 Å². The fourth-order valence-electron chi connectivity index (χ4n) is 11.3. The summed E-state index contributed by atoms with van der Waals surface area (Å²) in [4.78, 5) is 12.8. The summed E-state index contributed by atoms with van der Waals surface area (Å²) in [5, 5.41) is 10.9. The second-order valence-electron chi connectivity index (χ2n) is 14.4. The highest BCUT2D eigenvalue weighted by Gasteiger charge is 2.70. The highest BCUT2D eigenvalue weighted by Crippen LogP contribution is 2.77. The summed E-state index contributed by atoms with van der Waals surface area (Å²) in [6.07, 6.45) is 11.9. The molecule has 32 heavy (non-hydrogen) atoms. The Bertz CT molecular complexity index is 789. The van der Waals surface area contributed by atoms with Crippen LogP contribution in [0.5, 0.6) is 0 Å². The third kappa shape index (κ3) is 2.67. The number of aliphatic hydroxyl groups is 1. The minimum Gasteiger partial charge on any atom is -0.469 e. The number of rotatable bonds is 1. The van der Waals surface area contributed by atoms with Crippen LogP contribution >= 0.6 is 0 Å². The number of esters is 1. The maximum Gasteiger partial charge on any atom is 0.308 e. The van der Waals surface area contributed by atoms with Crippen LogP contribution in [0.25, 0.3) is 0 Å². The molecule has 0 aromatic carbocycles. The summed E-state index contributed by atoms with van der Waals surface area (Å²) in [7, 11) is 1.58. The Morgan fingerprint density at radius 2 is 1.50 bits per heavy atom. The zero-order chi connectivity index (χ0) is 23.3. The van der Waals surface area contributed by atoms with E-state index >= 15 is 0 Å². The lowest BCUT2D eigenvalue weighted by Gasteiger charge is -2.72. The van der Waals surface area contributed by atoms with Crippen LogP contribution < -0.4 is 0 Å². The van der Waals surface area contributed by atoms with Crippen LogP contribution in [0, 0.1) is 56.7 Å². The molecule has 5 saturated carbocycles. The first-order valence-corrected chi connectivity index (χ1v) is 13.6. The van der Waals surface area contributed by atoms with E-state index in [4.69, 9.17) is 4.74 Å². The zero-order valence-electron chi connectivity index (χ0n) is 21.8. The first-order chi connectivity index (χ1) is 14.8. The topological polar surface area (TPSA) is 46.5 Å². The molecule has 0 aromatic rings. The van der Waals surface area contributed by atoms with E-state index in [1.54, 1.807) is 7.11 Å². The molecule has 0 amide bonds. The van der Waals surface area contributed by atoms with Crippen molar-refractivity contribution in [2.45, 2.75) is 112 Å². The molecule has 5 rings (SSSR count). The second-order valence-corrected chi connectivity index (χ2v) is 14.4. The van der Waals surface area contributed by atoms with E-state index in [9.17, 15) is 9.90 Å². The molecule has 4 unspecified atom stereocenters. The standard InChI is InChI=1S/C29H48O3/c1-25(2)20-11-15-29(6)21(27(20,4)14-12-22(25)30)9-8-19-23-18(24(31)32-7)10-13-26(23,3)16-17-28(19,29)5/h18-23,30H,8-17H2,1-7H3/t18-,19?,20?,21?,22+,23?,26-,27+,28-,29-/m1/s1. The van der Waals surface area contributed by atoms with Gasteiger partial charge in [-0.15, -0.1) is 0 Å². The Morgan fingerprint density at radius 3 is 2.19 bits per heavy atom. The number of aliphatic hydroxyl groups excluding tert-OH is 1. The van der Waals surface area contributed by atoms with Gasteiger partial charge < -0.3 is 9.84 Å². The summed E-state index contributed by atoms with van der Waals surface area (Å²) >= 11 is 0. The van der Waals surface area contributed by atoms with Crippen molar-refractivity contribution in [2.75, 3.05) is 7.11 Å². The number of carbonyl (C=O) groups excluding carboxylic acids is 1. The molecule has 0 saturated heterocycles. The third-order valence-corrected chi connectivity index (χ3v) is 13.3. The average molecular weight is 445 g/mol. The van der Waals surface area contributed by atoms with Gasteiger partial charge in [0.15, 0.2) is 0 Å². The summed E-state index contributed by atoms with van der Waals surface area (Å²) < 4.78 is 5.33. The Kier molecular flexibility index (Phi) is 5.06. The van der Waals surface area contributed by atoms with E-state index < -0.39 is 0 Å². The number of carbonyl (C=O) groups is 1. The number of hydrogen-bond acceptors (Lipinski definition) is 3. The summed E-state index contributed by atoms with van der Waals surface area (Å²) in [6.45, 7) is 15.0. The lowest BCUT2D eigenvalue weighted by molar-refractivity contribution is -0.247. The summed E-state index contributed by atoms with van der Waals surface area (Å²) in [6, 6.07) is 0. The Balaban J connectivity index is 1.53. The smallest absolute Gasteiger partial charge is 0.308 e. The molecule has 0 spiro atoms. The first kappa shape index (κ1) is 23.2. The molecular weight excluding hydrogens is 396 g/mol. The van der Waals surface area contributed by atoms with Gasteiger partial charge in [-0.05, 0) is 115 Å². The van der Waals surface area contributed by atoms with E-state index in [0.717, 1.165) is 18.8 Å². The van der Waals surface area contributed by atoms with Crippen molar-refractivity contribution in [3.05, 3.63) is 0 Å². The number of ether oxygens (including phenoxy) is 1. The lowest BCUT2D eigenvalue weighted by Crippen LogP contribution is -2.66. The second kappa shape index (κ2) is 6.98. The van der Waals surface area contributed by atoms with Crippen molar-refractivity contribution in [2.24, 2.45) is 56.7 Å². The van der Waals surface area contributed by atoms with Crippen molar-refractivity contribution < 1.29 is 14.6 Å². The average Bonchev–Trinajstić information content (AvgIpc) is 3.09. The van der Waals surface area contributed by atoms with Gasteiger partial charge in [-0.2, -0.15) is 0 Å². The predicted octanol–water partition coefficient (Wildman–Crippen LogP) is 6.62. The van der Waals surface area contributed by atoms with Gasteiger partial charge >= 0.3 is 5.97 Å². The SMILES string of the molecule is COC(=O)[C@@H]1CC[C@]2(C)CC[C@]3(C)C(CCC4[C@@]5(C)CC[C@H](O)C(C)(C)C5CC[C@]43C)C12. The van der Waals surface area contributed by atoms with E-state index in [2.05, 4.69) is 41.5 Å². The molecule has 0 heterocycles. The van der Waals surface area contributed by atoms with Crippen LogP contribution in [-0.2, 0) is 9.53 Å². The largest absolute Gasteiger partial charge is 0.469 e. The van der Waals surface area contributed by atoms with Gasteiger partial charge in [0.2, 0.25) is 0 Å². The fourth-order valence-corrected chi connectivity index (χ4v) is 11.3. The molecular formula is C29H48O3. The van der Waals surface area contributed by atoms with Crippen molar-refractivity contribution in [1.82, 2.24) is 0 Å². The predicted molar refractivity (Wildman–Crippen MR) is 128 cm³/mol. The van der Waals surface area contributed by atoms with E-state index in [1.807, 2.05) is 0 Å². The molecule has 5 aliphatic carbocycles. The van der Waals surface area contributed by atoms with Gasteiger partial charge in [0.05, 0.1) is 19.1 Å². The van der Waals surface area contributed by atoms with Crippen molar-refractivity contribution in [3.8, 4) is 0 Å². The van der Waals surface area contributed by atoms with Crippen LogP contribution in [0.15, 0.2) is 0 Å². The summed E-state index contributed by atoms with van der Waals surface area (Å²) in [5.41, 5.74) is 1.26. The molecule has 3 heteroatoms. The van der Waals surface area contributed by atoms with Crippen LogP contribution in [-0.4, -0.2) is 24.3 Å². The van der Waals surface area contributed by atoms with E-state index in [0.29, 0.717) is 39.4 Å². The number of methoxy groups -OCH3 is 1. The minimum atomic E-state index is -0.161. The van der Waals surface area contributed by atoms with Crippen LogP contribution in [0.1, 0.15) is 106 Å². The van der Waals surface area contributed by atoms with Crippen molar-refractivity contribution >= 4 is 5.97 Å². The Morgan fingerprint density at radius 1 is 0.781 bits per heavy atom. The van der Waals surface area contributed by atoms with E-state index in [1.165, 1.54) is 51.4 Å². The van der Waals surface area contributed by atoms with Gasteiger partial charge in [0.25, 0.3) is 0 Å². The van der Waals surface area contributed by atoms with Crippen LogP contribution in [0.2, 0.25) is 0 Å². The van der Waals surface area contributed by atoms with Crippen molar-refractivity contribution in [3.63, 3.8) is 0 Å². The van der Waals surface area contributed by atoms with Gasteiger partial charge in [-0.3, -0.25) is 4.79 Å². The van der Waals surface area contributed by atoms with E-state index in [-0.39, 0.29) is 23.4 Å². The normalized spacial score (nSPS) is 56.4. The minimum absolute atomic E-state index is 0.0126. The Hall–Kier alpha value is -0.570. The first-order valence-electron chi connectivity index (χ1n) is 13.6. The van der Waals surface area contributed by atoms with Gasteiger partial charge in [-0.25, -0.2) is 0 Å². The number of hydrogen-bond donors (Lipinski definition) is 1. The number of fused-ring (bicyclic) bond motifs is 7. The van der Waals surface area contributed by atoms with Gasteiger partial charge in [-0.1, -0.05) is 41.5 Å². The fraction of sp³-hybridized carbons (Fsp3) is 0.966. The molecule has 3 nitrogen and oxygen atoms in total. The molecule has 1 N–H and O–H groups in total. The molecule has 182 valence electrons. The molecule has 0 bridgehead atoms. The Labute approximate surface area is 196 Å². The van der Waals surface area contributed by atoms with Gasteiger partial charge in [0, 0.05) is 0 Å².